The Hall–Kier alpha value is -1.92. The third-order valence-electron chi connectivity index (χ3n) is 1.99. The largest absolute Gasteiger partial charge is 0.509 e. The lowest BCUT2D eigenvalue weighted by Gasteiger charge is -2.11. The van der Waals surface area contributed by atoms with Crippen LogP contribution < -0.4 is 0 Å². The van der Waals surface area contributed by atoms with Crippen molar-refractivity contribution in [3.05, 3.63) is 36.1 Å². The van der Waals surface area contributed by atoms with Gasteiger partial charge in [-0.3, -0.25) is 0 Å². The minimum Gasteiger partial charge on any atom is -0.509 e. The molecule has 0 heterocycles. The molecule has 6 heteroatoms. The number of aliphatic hydroxyl groups is 2. The summed E-state index contributed by atoms with van der Waals surface area (Å²) < 4.78 is 9.29. The van der Waals surface area contributed by atoms with Crippen molar-refractivity contribution >= 4 is 11.9 Å². The van der Waals surface area contributed by atoms with Gasteiger partial charge in [-0.2, -0.15) is 0 Å². The van der Waals surface area contributed by atoms with Crippen molar-refractivity contribution in [1.82, 2.24) is 0 Å². The Morgan fingerprint density at radius 2 is 1.95 bits per heavy atom. The maximum Gasteiger partial charge on any atom is 0.350 e. The third kappa shape index (κ3) is 5.98. The van der Waals surface area contributed by atoms with E-state index in [0.29, 0.717) is 5.57 Å². The molecule has 1 atom stereocenters. The normalized spacial score (nSPS) is 11.3. The summed E-state index contributed by atoms with van der Waals surface area (Å²) in [6, 6.07) is 0. The van der Waals surface area contributed by atoms with E-state index < -0.39 is 23.8 Å². The monoisotopic (exact) mass is 270 g/mol. The van der Waals surface area contributed by atoms with Crippen molar-refractivity contribution < 1.29 is 29.3 Å². The second-order valence-electron chi connectivity index (χ2n) is 3.90. The van der Waals surface area contributed by atoms with Crippen LogP contribution in [0.5, 0.6) is 0 Å². The summed E-state index contributed by atoms with van der Waals surface area (Å²) in [4.78, 5) is 22.7. The van der Waals surface area contributed by atoms with E-state index in [9.17, 15) is 19.8 Å². The van der Waals surface area contributed by atoms with Crippen LogP contribution in [0.25, 0.3) is 0 Å². The Labute approximate surface area is 111 Å². The highest BCUT2D eigenvalue weighted by molar-refractivity contribution is 5.97. The molecule has 1 unspecified atom stereocenters. The Bertz CT molecular complexity index is 403. The SMILES string of the molecule is C=CCOCC(=C)C(=O)OC(=O)C(O)C(O)=C(C)C. The van der Waals surface area contributed by atoms with Crippen LogP contribution in [-0.2, 0) is 19.1 Å². The lowest BCUT2D eigenvalue weighted by molar-refractivity contribution is -0.163. The molecule has 0 fully saturated rings. The van der Waals surface area contributed by atoms with Crippen LogP contribution in [0.1, 0.15) is 13.8 Å². The molecule has 0 aliphatic rings. The van der Waals surface area contributed by atoms with E-state index in [4.69, 9.17) is 4.74 Å². The molecular formula is C13H18O6. The smallest absolute Gasteiger partial charge is 0.350 e. The summed E-state index contributed by atoms with van der Waals surface area (Å²) in [6.07, 6.45) is -0.406. The van der Waals surface area contributed by atoms with E-state index in [2.05, 4.69) is 17.9 Å². The first-order valence-corrected chi connectivity index (χ1v) is 5.48. The van der Waals surface area contributed by atoms with Crippen molar-refractivity contribution in [3.63, 3.8) is 0 Å². The first-order chi connectivity index (χ1) is 8.81. The Morgan fingerprint density at radius 3 is 2.42 bits per heavy atom. The maximum absolute atomic E-state index is 11.4. The molecule has 0 aliphatic heterocycles. The van der Waals surface area contributed by atoms with Gasteiger partial charge in [0, 0.05) is 0 Å². The molecule has 106 valence electrons. The maximum atomic E-state index is 11.4. The molecule has 0 aromatic carbocycles. The zero-order chi connectivity index (χ0) is 15.0. The van der Waals surface area contributed by atoms with Gasteiger partial charge >= 0.3 is 11.9 Å². The summed E-state index contributed by atoms with van der Waals surface area (Å²) in [5, 5.41) is 18.7. The predicted molar refractivity (Wildman–Crippen MR) is 68.3 cm³/mol. The van der Waals surface area contributed by atoms with E-state index in [1.165, 1.54) is 19.9 Å². The summed E-state index contributed by atoms with van der Waals surface area (Å²) >= 11 is 0. The fourth-order valence-corrected chi connectivity index (χ4v) is 0.929. The molecule has 6 nitrogen and oxygen atoms in total. The van der Waals surface area contributed by atoms with E-state index >= 15 is 0 Å². The van der Waals surface area contributed by atoms with E-state index in [1.807, 2.05) is 0 Å². The molecule has 0 radical (unpaired) electrons. The molecular weight excluding hydrogens is 252 g/mol. The van der Waals surface area contributed by atoms with Gasteiger partial charge < -0.3 is 19.7 Å². The zero-order valence-corrected chi connectivity index (χ0v) is 11.0. The number of hydrogen-bond donors (Lipinski definition) is 2. The highest BCUT2D eigenvalue weighted by atomic mass is 16.6. The molecule has 0 aromatic rings. The van der Waals surface area contributed by atoms with Gasteiger partial charge in [0.2, 0.25) is 6.10 Å². The molecule has 0 rings (SSSR count). The van der Waals surface area contributed by atoms with Crippen LogP contribution in [0.15, 0.2) is 36.1 Å². The number of esters is 2. The van der Waals surface area contributed by atoms with E-state index in [-0.39, 0.29) is 18.8 Å². The van der Waals surface area contributed by atoms with Crippen LogP contribution in [0.3, 0.4) is 0 Å². The summed E-state index contributed by atoms with van der Waals surface area (Å²) in [5.41, 5.74) is 0.254. The molecule has 0 aliphatic carbocycles. The first-order valence-electron chi connectivity index (χ1n) is 5.48. The van der Waals surface area contributed by atoms with E-state index in [0.717, 1.165) is 0 Å². The Morgan fingerprint density at radius 1 is 1.37 bits per heavy atom. The number of allylic oxidation sites excluding steroid dienone is 1. The molecule has 0 saturated carbocycles. The fraction of sp³-hybridized carbons (Fsp3) is 0.385. The quantitative estimate of drug-likeness (QED) is 0.179. The van der Waals surface area contributed by atoms with Crippen LogP contribution >= 0.6 is 0 Å². The number of carbonyl (C=O) groups excluding carboxylic acids is 2. The number of hydrogen-bond acceptors (Lipinski definition) is 6. The third-order valence-corrected chi connectivity index (χ3v) is 1.99. The number of rotatable bonds is 7. The Kier molecular flexibility index (Phi) is 7.40. The fourth-order valence-electron chi connectivity index (χ4n) is 0.929. The van der Waals surface area contributed by atoms with Gasteiger partial charge in [0.15, 0.2) is 0 Å². The number of aliphatic hydroxyl groups excluding tert-OH is 2. The molecule has 0 aromatic heterocycles. The lowest BCUT2D eigenvalue weighted by atomic mass is 10.2. The first kappa shape index (κ1) is 17.1. The highest BCUT2D eigenvalue weighted by Gasteiger charge is 2.25. The van der Waals surface area contributed by atoms with Crippen LogP contribution in [-0.4, -0.2) is 41.5 Å². The van der Waals surface area contributed by atoms with Crippen molar-refractivity contribution in [2.75, 3.05) is 13.2 Å². The zero-order valence-electron chi connectivity index (χ0n) is 11.0. The van der Waals surface area contributed by atoms with Crippen LogP contribution in [0.2, 0.25) is 0 Å². The van der Waals surface area contributed by atoms with Gasteiger partial charge in [0.25, 0.3) is 0 Å². The summed E-state index contributed by atoms with van der Waals surface area (Å²) in [6.45, 7) is 9.89. The Balaban J connectivity index is 4.41. The van der Waals surface area contributed by atoms with Gasteiger partial charge in [-0.1, -0.05) is 12.7 Å². The molecule has 19 heavy (non-hydrogen) atoms. The van der Waals surface area contributed by atoms with Gasteiger partial charge in [-0.05, 0) is 19.4 Å². The molecule has 0 bridgehead atoms. The number of ether oxygens (including phenoxy) is 2. The van der Waals surface area contributed by atoms with Gasteiger partial charge in [-0.15, -0.1) is 6.58 Å². The standard InChI is InChI=1S/C13H18O6/c1-5-6-18-7-9(4)12(16)19-13(17)11(15)10(14)8(2)3/h5,11,14-15H,1,4,6-7H2,2-3H3. The van der Waals surface area contributed by atoms with Crippen LogP contribution in [0.4, 0.5) is 0 Å². The molecule has 0 amide bonds. The van der Waals surface area contributed by atoms with Crippen molar-refractivity contribution in [2.45, 2.75) is 20.0 Å². The van der Waals surface area contributed by atoms with Crippen molar-refractivity contribution in [3.8, 4) is 0 Å². The average molecular weight is 270 g/mol. The second-order valence-corrected chi connectivity index (χ2v) is 3.90. The topological polar surface area (TPSA) is 93.1 Å². The van der Waals surface area contributed by atoms with Crippen molar-refractivity contribution in [2.24, 2.45) is 0 Å². The molecule has 2 N–H and O–H groups in total. The van der Waals surface area contributed by atoms with E-state index in [1.54, 1.807) is 0 Å². The number of carbonyl (C=O) groups is 2. The van der Waals surface area contributed by atoms with Gasteiger partial charge in [0.05, 0.1) is 18.8 Å². The second kappa shape index (κ2) is 8.23. The van der Waals surface area contributed by atoms with Gasteiger partial charge in [-0.25, -0.2) is 9.59 Å². The summed E-state index contributed by atoms with van der Waals surface area (Å²) in [7, 11) is 0. The molecule has 0 saturated heterocycles. The highest BCUT2D eigenvalue weighted by Crippen LogP contribution is 2.08. The molecule has 0 spiro atoms. The van der Waals surface area contributed by atoms with Crippen molar-refractivity contribution in [1.29, 1.82) is 0 Å². The minimum absolute atomic E-state index is 0.0842. The average Bonchev–Trinajstić information content (AvgIpc) is 2.36. The summed E-state index contributed by atoms with van der Waals surface area (Å²) in [5.74, 6) is -2.84. The minimum atomic E-state index is -1.89. The van der Waals surface area contributed by atoms with Crippen LogP contribution in [0, 0.1) is 0 Å². The van der Waals surface area contributed by atoms with Gasteiger partial charge in [0.1, 0.15) is 5.76 Å². The lowest BCUT2D eigenvalue weighted by Crippen LogP contribution is -2.29. The predicted octanol–water partition coefficient (Wildman–Crippen LogP) is 1.03.